The van der Waals surface area contributed by atoms with Gasteiger partial charge in [-0.1, -0.05) is 0 Å². The maximum absolute atomic E-state index is 13.2. The van der Waals surface area contributed by atoms with Crippen molar-refractivity contribution in [3.05, 3.63) is 34.1 Å². The van der Waals surface area contributed by atoms with Crippen LogP contribution in [0.2, 0.25) is 0 Å². The highest BCUT2D eigenvalue weighted by Gasteiger charge is 2.16. The first-order valence-electron chi connectivity index (χ1n) is 5.94. The van der Waals surface area contributed by atoms with Gasteiger partial charge in [-0.25, -0.2) is 4.39 Å². The Bertz CT molecular complexity index is 496. The van der Waals surface area contributed by atoms with E-state index in [4.69, 9.17) is 10.5 Å². The van der Waals surface area contributed by atoms with Gasteiger partial charge >= 0.3 is 0 Å². The summed E-state index contributed by atoms with van der Waals surface area (Å²) in [6, 6.07) is 2.05. The molecule has 1 aromatic rings. The number of non-ortho nitro benzene ring substituents is 1. The van der Waals surface area contributed by atoms with Crippen molar-refractivity contribution in [1.82, 2.24) is 0 Å². The Morgan fingerprint density at radius 3 is 2.85 bits per heavy atom. The first kappa shape index (κ1) is 16.0. The van der Waals surface area contributed by atoms with E-state index in [1.165, 1.54) is 7.11 Å². The highest BCUT2D eigenvalue weighted by molar-refractivity contribution is 5.94. The minimum Gasteiger partial charge on any atom is -0.385 e. The molecular formula is C12H16FN3O4. The van der Waals surface area contributed by atoms with E-state index in [1.807, 2.05) is 0 Å². The first-order valence-corrected chi connectivity index (χ1v) is 5.94. The zero-order valence-corrected chi connectivity index (χ0v) is 11.0. The number of nitro benzene ring substituents is 1. The second-order valence-electron chi connectivity index (χ2n) is 4.19. The molecule has 0 radical (unpaired) electrons. The van der Waals surface area contributed by atoms with E-state index in [2.05, 4.69) is 5.32 Å². The zero-order valence-electron chi connectivity index (χ0n) is 11.0. The number of nitro groups is 1. The Morgan fingerprint density at radius 2 is 2.25 bits per heavy atom. The minimum atomic E-state index is -0.803. The van der Waals surface area contributed by atoms with Crippen molar-refractivity contribution in [2.75, 3.05) is 19.0 Å². The van der Waals surface area contributed by atoms with Gasteiger partial charge in [-0.15, -0.1) is 0 Å². The Kier molecular flexibility index (Phi) is 6.01. The lowest BCUT2D eigenvalue weighted by Crippen LogP contribution is -2.35. The molecule has 0 heterocycles. The fourth-order valence-corrected chi connectivity index (χ4v) is 1.57. The number of hydrogen-bond donors (Lipinski definition) is 2. The highest BCUT2D eigenvalue weighted by atomic mass is 19.1. The fraction of sp³-hybridized carbons (Fsp3) is 0.417. The van der Waals surface area contributed by atoms with E-state index < -0.39 is 28.4 Å². The molecule has 0 bridgehead atoms. The molecule has 1 aromatic carbocycles. The van der Waals surface area contributed by atoms with E-state index in [9.17, 15) is 19.3 Å². The minimum absolute atomic E-state index is 0.00360. The molecule has 3 N–H and O–H groups in total. The average molecular weight is 285 g/mol. The second-order valence-corrected chi connectivity index (χ2v) is 4.19. The van der Waals surface area contributed by atoms with Crippen molar-refractivity contribution in [2.45, 2.75) is 18.9 Å². The number of nitrogens with one attached hydrogen (secondary N) is 1. The Hall–Kier alpha value is -2.06. The summed E-state index contributed by atoms with van der Waals surface area (Å²) in [5.41, 5.74) is 5.21. The van der Waals surface area contributed by atoms with E-state index >= 15 is 0 Å². The maximum Gasteiger partial charge on any atom is 0.274 e. The molecule has 1 atom stereocenters. The van der Waals surface area contributed by atoms with Crippen molar-refractivity contribution >= 4 is 17.3 Å². The van der Waals surface area contributed by atoms with Gasteiger partial charge in [0.1, 0.15) is 5.82 Å². The standard InChI is InChI=1S/C12H16FN3O4/c1-20-4-2-3-11(14)12(17)15-9-5-8(13)6-10(7-9)16(18)19/h5-7,11H,2-4,14H2,1H3,(H,15,17). The third-order valence-corrected chi connectivity index (χ3v) is 2.56. The van der Waals surface area contributed by atoms with Gasteiger partial charge in [-0.3, -0.25) is 14.9 Å². The quantitative estimate of drug-likeness (QED) is 0.447. The van der Waals surface area contributed by atoms with Gasteiger partial charge in [0.2, 0.25) is 5.91 Å². The van der Waals surface area contributed by atoms with Gasteiger partial charge in [-0.2, -0.15) is 0 Å². The molecule has 0 aliphatic heterocycles. The lowest BCUT2D eigenvalue weighted by molar-refractivity contribution is -0.385. The van der Waals surface area contributed by atoms with E-state index in [-0.39, 0.29) is 5.69 Å². The second kappa shape index (κ2) is 7.51. The Morgan fingerprint density at radius 1 is 1.55 bits per heavy atom. The topological polar surface area (TPSA) is 107 Å². The number of ether oxygens (including phenoxy) is 1. The molecule has 0 saturated heterocycles. The SMILES string of the molecule is COCCCC(N)C(=O)Nc1cc(F)cc([N+](=O)[O-])c1. The van der Waals surface area contributed by atoms with Crippen LogP contribution in [-0.4, -0.2) is 30.6 Å². The Labute approximate surface area is 115 Å². The zero-order chi connectivity index (χ0) is 15.1. The molecule has 0 spiro atoms. The molecule has 110 valence electrons. The monoisotopic (exact) mass is 285 g/mol. The summed E-state index contributed by atoms with van der Waals surface area (Å²) in [7, 11) is 1.54. The number of halogens is 1. The van der Waals surface area contributed by atoms with Crippen LogP contribution in [0.3, 0.4) is 0 Å². The van der Waals surface area contributed by atoms with Crippen LogP contribution in [0.25, 0.3) is 0 Å². The summed E-state index contributed by atoms with van der Waals surface area (Å²) in [5.74, 6) is -1.33. The van der Waals surface area contributed by atoms with Gasteiger partial charge in [0.25, 0.3) is 5.69 Å². The number of anilines is 1. The molecule has 8 heteroatoms. The lowest BCUT2D eigenvalue weighted by Gasteiger charge is -2.12. The van der Waals surface area contributed by atoms with Crippen LogP contribution < -0.4 is 11.1 Å². The van der Waals surface area contributed by atoms with Crippen LogP contribution in [0.15, 0.2) is 18.2 Å². The normalized spacial score (nSPS) is 11.9. The van der Waals surface area contributed by atoms with Gasteiger partial charge < -0.3 is 15.8 Å². The van der Waals surface area contributed by atoms with Gasteiger partial charge in [0.05, 0.1) is 22.7 Å². The van der Waals surface area contributed by atoms with Crippen molar-refractivity contribution in [1.29, 1.82) is 0 Å². The molecule has 0 aliphatic rings. The van der Waals surface area contributed by atoms with Gasteiger partial charge in [0.15, 0.2) is 0 Å². The molecule has 0 saturated carbocycles. The van der Waals surface area contributed by atoms with Crippen molar-refractivity contribution in [3.8, 4) is 0 Å². The van der Waals surface area contributed by atoms with E-state index in [0.29, 0.717) is 19.4 Å². The summed E-state index contributed by atoms with van der Waals surface area (Å²) in [6.45, 7) is 0.479. The summed E-state index contributed by atoms with van der Waals surface area (Å²) in [4.78, 5) is 21.6. The number of hydrogen-bond acceptors (Lipinski definition) is 5. The molecule has 0 aliphatic carbocycles. The third-order valence-electron chi connectivity index (χ3n) is 2.56. The number of nitrogens with two attached hydrogens (primary N) is 1. The smallest absolute Gasteiger partial charge is 0.274 e. The van der Waals surface area contributed by atoms with Crippen molar-refractivity contribution < 1.29 is 18.8 Å². The number of amides is 1. The van der Waals surface area contributed by atoms with Gasteiger partial charge in [-0.05, 0) is 18.9 Å². The average Bonchev–Trinajstić information content (AvgIpc) is 2.38. The molecule has 7 nitrogen and oxygen atoms in total. The molecular weight excluding hydrogens is 269 g/mol. The van der Waals surface area contributed by atoms with Crippen LogP contribution in [-0.2, 0) is 9.53 Å². The fourth-order valence-electron chi connectivity index (χ4n) is 1.57. The number of carbonyl (C=O) groups is 1. The summed E-state index contributed by atoms with van der Waals surface area (Å²) in [5, 5.41) is 12.9. The molecule has 0 aromatic heterocycles. The Balaban J connectivity index is 2.67. The van der Waals surface area contributed by atoms with Crippen molar-refractivity contribution in [2.24, 2.45) is 5.73 Å². The largest absolute Gasteiger partial charge is 0.385 e. The number of carbonyl (C=O) groups excluding carboxylic acids is 1. The predicted octanol–water partition coefficient (Wildman–Crippen LogP) is 1.43. The number of methoxy groups -OCH3 is 1. The molecule has 0 fully saturated rings. The van der Waals surface area contributed by atoms with Crippen LogP contribution in [0.1, 0.15) is 12.8 Å². The maximum atomic E-state index is 13.2. The number of benzene rings is 1. The summed E-state index contributed by atoms with van der Waals surface area (Å²) >= 11 is 0. The summed E-state index contributed by atoms with van der Waals surface area (Å²) in [6.07, 6.45) is 1.01. The first-order chi connectivity index (χ1) is 9.43. The number of nitrogens with zero attached hydrogens (tertiary/aromatic N) is 1. The van der Waals surface area contributed by atoms with Crippen LogP contribution in [0.4, 0.5) is 15.8 Å². The predicted molar refractivity (Wildman–Crippen MR) is 70.8 cm³/mol. The number of rotatable bonds is 7. The lowest BCUT2D eigenvalue weighted by atomic mass is 10.1. The molecule has 20 heavy (non-hydrogen) atoms. The summed E-state index contributed by atoms with van der Waals surface area (Å²) < 4.78 is 18.0. The third kappa shape index (κ3) is 4.90. The molecule has 1 rings (SSSR count). The molecule has 1 unspecified atom stereocenters. The highest BCUT2D eigenvalue weighted by Crippen LogP contribution is 2.20. The van der Waals surface area contributed by atoms with E-state index in [1.54, 1.807) is 0 Å². The van der Waals surface area contributed by atoms with Crippen LogP contribution >= 0.6 is 0 Å². The molecule has 1 amide bonds. The van der Waals surface area contributed by atoms with E-state index in [0.717, 1.165) is 18.2 Å². The van der Waals surface area contributed by atoms with Crippen LogP contribution in [0.5, 0.6) is 0 Å². The van der Waals surface area contributed by atoms with Crippen LogP contribution in [0, 0.1) is 15.9 Å². The van der Waals surface area contributed by atoms with Gasteiger partial charge in [0, 0.05) is 19.8 Å². The van der Waals surface area contributed by atoms with Crippen molar-refractivity contribution in [3.63, 3.8) is 0 Å².